The van der Waals surface area contributed by atoms with Crippen LogP contribution in [0.1, 0.15) is 17.5 Å². The average Bonchev–Trinajstić information content (AvgIpc) is 2.72. The highest BCUT2D eigenvalue weighted by molar-refractivity contribution is 7.89. The minimum atomic E-state index is -3.63. The van der Waals surface area contributed by atoms with Crippen molar-refractivity contribution in [3.8, 4) is 0 Å². The van der Waals surface area contributed by atoms with Gasteiger partial charge in [-0.2, -0.15) is 4.31 Å². The number of hydrogen-bond donors (Lipinski definition) is 1. The normalized spacial score (nSPS) is 15.3. The second-order valence-electron chi connectivity index (χ2n) is 6.53. The number of sulfonamides is 1. The van der Waals surface area contributed by atoms with Crippen molar-refractivity contribution in [2.24, 2.45) is 0 Å². The van der Waals surface area contributed by atoms with Crippen molar-refractivity contribution >= 4 is 15.9 Å². The van der Waals surface area contributed by atoms with Gasteiger partial charge in [-0.3, -0.25) is 4.79 Å². The van der Waals surface area contributed by atoms with E-state index in [0.29, 0.717) is 38.3 Å². The highest BCUT2D eigenvalue weighted by atomic mass is 32.2. The summed E-state index contributed by atoms with van der Waals surface area (Å²) >= 11 is 0. The van der Waals surface area contributed by atoms with Crippen LogP contribution in [0.5, 0.6) is 0 Å². The minimum absolute atomic E-state index is 0.127. The highest BCUT2D eigenvalue weighted by Gasteiger charge is 2.28. The Balaban J connectivity index is 1.61. The summed E-state index contributed by atoms with van der Waals surface area (Å²) in [5.41, 5.74) is 1.41. The molecule has 1 N–H and O–H groups in total. The van der Waals surface area contributed by atoms with Crippen LogP contribution in [-0.2, 0) is 32.5 Å². The van der Waals surface area contributed by atoms with E-state index in [1.165, 1.54) is 16.4 Å². The molecule has 1 amide bonds. The van der Waals surface area contributed by atoms with Crippen molar-refractivity contribution in [2.75, 3.05) is 26.3 Å². The number of nitrogens with one attached hydrogen (secondary N) is 1. The average molecular weight is 406 g/mol. The van der Waals surface area contributed by atoms with Crippen molar-refractivity contribution in [1.82, 2.24) is 9.62 Å². The maximum absolute atomic E-state index is 12.9. The molecular formula is C20H23FN2O4S. The summed E-state index contributed by atoms with van der Waals surface area (Å²) in [5.74, 6) is -0.505. The summed E-state index contributed by atoms with van der Waals surface area (Å²) in [6, 6.07) is 12.7. The van der Waals surface area contributed by atoms with E-state index in [9.17, 15) is 17.6 Å². The largest absolute Gasteiger partial charge is 0.379 e. The second-order valence-corrected chi connectivity index (χ2v) is 8.43. The Kier molecular flexibility index (Phi) is 6.77. The Bertz CT molecular complexity index is 910. The molecule has 1 aliphatic heterocycles. The van der Waals surface area contributed by atoms with Crippen LogP contribution in [-0.4, -0.2) is 44.9 Å². The second kappa shape index (κ2) is 9.27. The fourth-order valence-corrected chi connectivity index (χ4v) is 4.65. The molecule has 2 aromatic carbocycles. The molecule has 1 heterocycles. The number of benzene rings is 2. The molecule has 0 atom stereocenters. The van der Waals surface area contributed by atoms with E-state index in [4.69, 9.17) is 4.74 Å². The maximum atomic E-state index is 12.9. The van der Waals surface area contributed by atoms with E-state index in [2.05, 4.69) is 5.32 Å². The first-order chi connectivity index (χ1) is 13.5. The summed E-state index contributed by atoms with van der Waals surface area (Å²) in [5, 5.41) is 2.78. The topological polar surface area (TPSA) is 75.7 Å². The molecule has 0 spiro atoms. The molecule has 150 valence electrons. The van der Waals surface area contributed by atoms with Crippen LogP contribution < -0.4 is 5.32 Å². The predicted octanol–water partition coefficient (Wildman–Crippen LogP) is 2.10. The van der Waals surface area contributed by atoms with E-state index in [1.807, 2.05) is 0 Å². The lowest BCUT2D eigenvalue weighted by Gasteiger charge is -2.27. The SMILES string of the molecule is O=C(CCc1ccc(F)cc1)NCc1ccccc1S(=O)(=O)N1CCOCC1. The third-order valence-corrected chi connectivity index (χ3v) is 6.59. The first kappa shape index (κ1) is 20.4. The molecule has 1 aliphatic rings. The molecule has 0 aromatic heterocycles. The van der Waals surface area contributed by atoms with Crippen molar-refractivity contribution in [3.05, 3.63) is 65.5 Å². The number of ether oxygens (including phenoxy) is 1. The zero-order valence-electron chi connectivity index (χ0n) is 15.4. The number of amides is 1. The van der Waals surface area contributed by atoms with Crippen LogP contribution in [0.25, 0.3) is 0 Å². The summed E-state index contributed by atoms with van der Waals surface area (Å²) < 4.78 is 45.4. The molecule has 0 radical (unpaired) electrons. The number of hydrogen-bond acceptors (Lipinski definition) is 4. The van der Waals surface area contributed by atoms with Gasteiger partial charge in [0.2, 0.25) is 15.9 Å². The number of aryl methyl sites for hydroxylation is 1. The molecule has 2 aromatic rings. The zero-order valence-corrected chi connectivity index (χ0v) is 16.3. The maximum Gasteiger partial charge on any atom is 0.243 e. The van der Waals surface area contributed by atoms with Gasteiger partial charge in [-0.1, -0.05) is 30.3 Å². The summed E-state index contributed by atoms with van der Waals surface area (Å²) in [4.78, 5) is 12.4. The van der Waals surface area contributed by atoms with Crippen LogP contribution >= 0.6 is 0 Å². The van der Waals surface area contributed by atoms with Gasteiger partial charge < -0.3 is 10.1 Å². The third-order valence-electron chi connectivity index (χ3n) is 4.59. The fraction of sp³-hybridized carbons (Fsp3) is 0.350. The van der Waals surface area contributed by atoms with Crippen molar-refractivity contribution < 1.29 is 22.3 Å². The minimum Gasteiger partial charge on any atom is -0.379 e. The van der Waals surface area contributed by atoms with Gasteiger partial charge in [0.25, 0.3) is 0 Å². The van der Waals surface area contributed by atoms with Gasteiger partial charge in [0.05, 0.1) is 18.1 Å². The van der Waals surface area contributed by atoms with E-state index in [0.717, 1.165) is 5.56 Å². The molecule has 0 bridgehead atoms. The molecule has 0 saturated carbocycles. The van der Waals surface area contributed by atoms with E-state index in [1.54, 1.807) is 36.4 Å². The van der Waals surface area contributed by atoms with Crippen molar-refractivity contribution in [3.63, 3.8) is 0 Å². The lowest BCUT2D eigenvalue weighted by atomic mass is 10.1. The van der Waals surface area contributed by atoms with Gasteiger partial charge in [-0.05, 0) is 35.7 Å². The molecule has 1 saturated heterocycles. The molecule has 8 heteroatoms. The van der Waals surface area contributed by atoms with Crippen LogP contribution in [0.15, 0.2) is 53.4 Å². The fourth-order valence-electron chi connectivity index (χ4n) is 3.02. The molecule has 1 fully saturated rings. The first-order valence-electron chi connectivity index (χ1n) is 9.14. The van der Waals surface area contributed by atoms with Gasteiger partial charge in [0, 0.05) is 26.1 Å². The van der Waals surface area contributed by atoms with Gasteiger partial charge in [0.15, 0.2) is 0 Å². The number of morpholine rings is 1. The van der Waals surface area contributed by atoms with Gasteiger partial charge in [-0.25, -0.2) is 12.8 Å². The van der Waals surface area contributed by atoms with Crippen molar-refractivity contribution in [1.29, 1.82) is 0 Å². The Hall–Kier alpha value is -2.29. The van der Waals surface area contributed by atoms with Crippen molar-refractivity contribution in [2.45, 2.75) is 24.3 Å². The van der Waals surface area contributed by atoms with Gasteiger partial charge in [0.1, 0.15) is 5.82 Å². The lowest BCUT2D eigenvalue weighted by molar-refractivity contribution is -0.121. The van der Waals surface area contributed by atoms with E-state index in [-0.39, 0.29) is 29.6 Å². The number of nitrogens with zero attached hydrogens (tertiary/aromatic N) is 1. The van der Waals surface area contributed by atoms with Gasteiger partial charge in [-0.15, -0.1) is 0 Å². The van der Waals surface area contributed by atoms with Crippen LogP contribution in [0.3, 0.4) is 0 Å². The zero-order chi connectivity index (χ0) is 20.0. The Morgan fingerprint density at radius 3 is 2.46 bits per heavy atom. The highest BCUT2D eigenvalue weighted by Crippen LogP contribution is 2.21. The van der Waals surface area contributed by atoms with Gasteiger partial charge >= 0.3 is 0 Å². The monoisotopic (exact) mass is 406 g/mol. The number of carbonyl (C=O) groups excluding carboxylic acids is 1. The Labute approximate surface area is 164 Å². The third kappa shape index (κ3) is 5.15. The lowest BCUT2D eigenvalue weighted by Crippen LogP contribution is -2.41. The van der Waals surface area contributed by atoms with Crippen LogP contribution in [0.4, 0.5) is 4.39 Å². The Morgan fingerprint density at radius 2 is 1.75 bits per heavy atom. The standard InChI is InChI=1S/C20H23FN2O4S/c21-18-8-5-16(6-9-18)7-10-20(24)22-15-17-3-1-2-4-19(17)28(25,26)23-11-13-27-14-12-23/h1-6,8-9H,7,10-15H2,(H,22,24). The smallest absolute Gasteiger partial charge is 0.243 e. The van der Waals surface area contributed by atoms with E-state index < -0.39 is 10.0 Å². The predicted molar refractivity (Wildman–Crippen MR) is 103 cm³/mol. The van der Waals surface area contributed by atoms with Crippen LogP contribution in [0, 0.1) is 5.82 Å². The number of carbonyl (C=O) groups is 1. The first-order valence-corrected chi connectivity index (χ1v) is 10.6. The molecule has 6 nitrogen and oxygen atoms in total. The molecular weight excluding hydrogens is 383 g/mol. The summed E-state index contributed by atoms with van der Waals surface area (Å²) in [7, 11) is -3.63. The van der Waals surface area contributed by atoms with Crippen LogP contribution in [0.2, 0.25) is 0 Å². The summed E-state index contributed by atoms with van der Waals surface area (Å²) in [6.45, 7) is 1.52. The molecule has 0 unspecified atom stereocenters. The van der Waals surface area contributed by atoms with E-state index >= 15 is 0 Å². The number of halogens is 1. The molecule has 3 rings (SSSR count). The molecule has 28 heavy (non-hydrogen) atoms. The Morgan fingerprint density at radius 1 is 1.07 bits per heavy atom. The quantitative estimate of drug-likeness (QED) is 0.764. The number of rotatable bonds is 7. The summed E-state index contributed by atoms with van der Waals surface area (Å²) in [6.07, 6.45) is 0.726. The molecule has 0 aliphatic carbocycles.